The van der Waals surface area contributed by atoms with E-state index in [1.165, 1.54) is 11.8 Å². The fourth-order valence-corrected chi connectivity index (χ4v) is 5.87. The van der Waals surface area contributed by atoms with E-state index < -0.39 is 10.0 Å². The highest BCUT2D eigenvalue weighted by Crippen LogP contribution is 2.23. The van der Waals surface area contributed by atoms with E-state index in [4.69, 9.17) is 0 Å². The van der Waals surface area contributed by atoms with Gasteiger partial charge in [0.2, 0.25) is 21.1 Å². The Balaban J connectivity index is 1.36. The maximum atomic E-state index is 12.9. The Hall–Kier alpha value is -2.76. The molecule has 1 saturated heterocycles. The van der Waals surface area contributed by atoms with E-state index in [0.717, 1.165) is 36.9 Å². The molecule has 2 heterocycles. The summed E-state index contributed by atoms with van der Waals surface area (Å²) >= 11 is 1.22. The van der Waals surface area contributed by atoms with Gasteiger partial charge in [0.25, 0.3) is 0 Å². The SMILES string of the molecule is Cc1cccc(-n2nnnc2SCC(=O)Nc2ccc(S(=O)(=O)N3CCCCCC3)cc2)c1. The number of hydrogen-bond donors (Lipinski definition) is 1. The fourth-order valence-electron chi connectivity index (χ4n) is 3.66. The summed E-state index contributed by atoms with van der Waals surface area (Å²) in [5.74, 6) is -0.123. The Morgan fingerprint density at radius 1 is 1.06 bits per heavy atom. The minimum atomic E-state index is -3.51. The summed E-state index contributed by atoms with van der Waals surface area (Å²) in [6.45, 7) is 3.10. The molecule has 1 aliphatic rings. The van der Waals surface area contributed by atoms with Gasteiger partial charge in [0.1, 0.15) is 0 Å². The van der Waals surface area contributed by atoms with Gasteiger partial charge >= 0.3 is 0 Å². The van der Waals surface area contributed by atoms with Crippen molar-refractivity contribution in [2.75, 3.05) is 24.2 Å². The number of tetrazole rings is 1. The van der Waals surface area contributed by atoms with Gasteiger partial charge < -0.3 is 5.32 Å². The number of nitrogens with one attached hydrogen (secondary N) is 1. The molecule has 2 aromatic carbocycles. The van der Waals surface area contributed by atoms with E-state index in [9.17, 15) is 13.2 Å². The standard InChI is InChI=1S/C22H26N6O3S2/c1-17-7-6-8-19(15-17)28-22(24-25-26-28)32-16-21(29)23-18-9-11-20(12-10-18)33(30,31)27-13-4-2-3-5-14-27/h6-12,15H,2-5,13-14,16H2,1H3,(H,23,29). The molecule has 0 radical (unpaired) electrons. The first-order valence-electron chi connectivity index (χ1n) is 10.8. The molecule has 1 aliphatic heterocycles. The minimum Gasteiger partial charge on any atom is -0.325 e. The number of carbonyl (C=O) groups excluding carboxylic acids is 1. The average Bonchev–Trinajstić information content (AvgIpc) is 3.09. The molecular weight excluding hydrogens is 460 g/mol. The van der Waals surface area contributed by atoms with E-state index in [1.54, 1.807) is 33.3 Å². The molecule has 1 N–H and O–H groups in total. The summed E-state index contributed by atoms with van der Waals surface area (Å²) in [6, 6.07) is 14.1. The quantitative estimate of drug-likeness (QED) is 0.510. The van der Waals surface area contributed by atoms with Crippen molar-refractivity contribution in [3.63, 3.8) is 0 Å². The molecule has 0 saturated carbocycles. The molecule has 0 atom stereocenters. The van der Waals surface area contributed by atoms with Crippen molar-refractivity contribution < 1.29 is 13.2 Å². The number of aromatic nitrogens is 4. The van der Waals surface area contributed by atoms with Gasteiger partial charge in [-0.05, 0) is 72.2 Å². The van der Waals surface area contributed by atoms with Gasteiger partial charge in [-0.3, -0.25) is 4.79 Å². The van der Waals surface area contributed by atoms with E-state index in [-0.39, 0.29) is 16.6 Å². The lowest BCUT2D eigenvalue weighted by Crippen LogP contribution is -2.31. The molecule has 1 aromatic heterocycles. The van der Waals surface area contributed by atoms with Crippen molar-refractivity contribution in [2.24, 2.45) is 0 Å². The number of carbonyl (C=O) groups is 1. The second-order valence-electron chi connectivity index (χ2n) is 7.89. The lowest BCUT2D eigenvalue weighted by Gasteiger charge is -2.20. The van der Waals surface area contributed by atoms with Crippen LogP contribution in [0.1, 0.15) is 31.2 Å². The Bertz CT molecular complexity index is 1200. The maximum Gasteiger partial charge on any atom is 0.243 e. The van der Waals surface area contributed by atoms with Crippen LogP contribution in [0.25, 0.3) is 5.69 Å². The second kappa shape index (κ2) is 10.4. The molecule has 174 valence electrons. The van der Waals surface area contributed by atoms with Crippen LogP contribution >= 0.6 is 11.8 Å². The molecule has 9 nitrogen and oxygen atoms in total. The molecule has 3 aromatic rings. The van der Waals surface area contributed by atoms with Crippen LogP contribution in [0, 0.1) is 6.92 Å². The van der Waals surface area contributed by atoms with Gasteiger partial charge in [0.15, 0.2) is 0 Å². The van der Waals surface area contributed by atoms with E-state index in [2.05, 4.69) is 20.8 Å². The third kappa shape index (κ3) is 5.79. The highest BCUT2D eigenvalue weighted by atomic mass is 32.2. The molecule has 0 unspecified atom stereocenters. The zero-order valence-electron chi connectivity index (χ0n) is 18.3. The summed E-state index contributed by atoms with van der Waals surface area (Å²) in [5.41, 5.74) is 2.44. The predicted molar refractivity (Wildman–Crippen MR) is 127 cm³/mol. The van der Waals surface area contributed by atoms with Crippen molar-refractivity contribution >= 4 is 33.4 Å². The van der Waals surface area contributed by atoms with Crippen molar-refractivity contribution in [3.8, 4) is 5.69 Å². The predicted octanol–water partition coefficient (Wildman–Crippen LogP) is 3.27. The first-order valence-corrected chi connectivity index (χ1v) is 13.2. The van der Waals surface area contributed by atoms with E-state index in [0.29, 0.717) is 23.9 Å². The molecule has 0 bridgehead atoms. The molecule has 4 rings (SSSR count). The fraction of sp³-hybridized carbons (Fsp3) is 0.364. The van der Waals surface area contributed by atoms with Gasteiger partial charge in [-0.25, -0.2) is 8.42 Å². The minimum absolute atomic E-state index is 0.111. The summed E-state index contributed by atoms with van der Waals surface area (Å²) in [7, 11) is -3.51. The van der Waals surface area contributed by atoms with Crippen LogP contribution in [-0.2, 0) is 14.8 Å². The Kier molecular flexibility index (Phi) is 7.41. The van der Waals surface area contributed by atoms with Gasteiger partial charge in [-0.2, -0.15) is 8.99 Å². The van der Waals surface area contributed by atoms with Crippen molar-refractivity contribution in [3.05, 3.63) is 54.1 Å². The van der Waals surface area contributed by atoms with Crippen LogP contribution in [0.2, 0.25) is 0 Å². The molecule has 0 spiro atoms. The van der Waals surface area contributed by atoms with Gasteiger partial charge in [-0.1, -0.05) is 36.7 Å². The molecule has 1 amide bonds. The molecular formula is C22H26N6O3S2. The Morgan fingerprint density at radius 2 is 1.79 bits per heavy atom. The first kappa shape index (κ1) is 23.4. The molecule has 1 fully saturated rings. The van der Waals surface area contributed by atoms with Crippen molar-refractivity contribution in [2.45, 2.75) is 42.7 Å². The Labute approximate surface area is 197 Å². The lowest BCUT2D eigenvalue weighted by molar-refractivity contribution is -0.113. The second-order valence-corrected chi connectivity index (χ2v) is 10.8. The lowest BCUT2D eigenvalue weighted by atomic mass is 10.2. The number of aryl methyl sites for hydroxylation is 1. The third-order valence-corrected chi connectivity index (χ3v) is 8.19. The zero-order chi connectivity index (χ0) is 23.3. The zero-order valence-corrected chi connectivity index (χ0v) is 20.0. The number of thioether (sulfide) groups is 1. The molecule has 33 heavy (non-hydrogen) atoms. The summed E-state index contributed by atoms with van der Waals surface area (Å²) in [6.07, 6.45) is 3.90. The highest BCUT2D eigenvalue weighted by molar-refractivity contribution is 7.99. The summed E-state index contributed by atoms with van der Waals surface area (Å²) in [4.78, 5) is 12.7. The number of anilines is 1. The monoisotopic (exact) mass is 486 g/mol. The van der Waals surface area contributed by atoms with E-state index in [1.807, 2.05) is 31.2 Å². The first-order chi connectivity index (χ1) is 15.9. The van der Waals surface area contributed by atoms with Crippen LogP contribution in [0.3, 0.4) is 0 Å². The van der Waals surface area contributed by atoms with Crippen LogP contribution in [0.4, 0.5) is 5.69 Å². The van der Waals surface area contributed by atoms with Crippen LogP contribution in [0.15, 0.2) is 58.6 Å². The van der Waals surface area contributed by atoms with Gasteiger partial charge in [0.05, 0.1) is 16.3 Å². The number of rotatable bonds is 7. The van der Waals surface area contributed by atoms with Crippen LogP contribution < -0.4 is 5.32 Å². The number of benzene rings is 2. The largest absolute Gasteiger partial charge is 0.325 e. The third-order valence-electron chi connectivity index (χ3n) is 5.36. The normalized spacial score (nSPS) is 15.2. The van der Waals surface area contributed by atoms with Crippen molar-refractivity contribution in [1.29, 1.82) is 0 Å². The number of hydrogen-bond acceptors (Lipinski definition) is 7. The summed E-state index contributed by atoms with van der Waals surface area (Å²) < 4.78 is 28.9. The number of sulfonamides is 1. The van der Waals surface area contributed by atoms with E-state index >= 15 is 0 Å². The highest BCUT2D eigenvalue weighted by Gasteiger charge is 2.25. The number of amides is 1. The maximum absolute atomic E-state index is 12.9. The molecule has 11 heteroatoms. The average molecular weight is 487 g/mol. The molecule has 0 aliphatic carbocycles. The van der Waals surface area contributed by atoms with Gasteiger partial charge in [-0.15, -0.1) is 5.10 Å². The Morgan fingerprint density at radius 3 is 2.48 bits per heavy atom. The van der Waals surface area contributed by atoms with Crippen LogP contribution in [-0.4, -0.2) is 57.7 Å². The van der Waals surface area contributed by atoms with Gasteiger partial charge in [0, 0.05) is 18.8 Å². The topological polar surface area (TPSA) is 110 Å². The van der Waals surface area contributed by atoms with Crippen molar-refractivity contribution in [1.82, 2.24) is 24.5 Å². The van der Waals surface area contributed by atoms with Crippen LogP contribution in [0.5, 0.6) is 0 Å². The summed E-state index contributed by atoms with van der Waals surface area (Å²) in [5, 5.41) is 15.0. The smallest absolute Gasteiger partial charge is 0.243 e. The number of nitrogens with zero attached hydrogens (tertiary/aromatic N) is 5.